The van der Waals surface area contributed by atoms with Gasteiger partial charge in [0.05, 0.1) is 6.10 Å². The summed E-state index contributed by atoms with van der Waals surface area (Å²) in [5.41, 5.74) is 0.217. The Labute approximate surface area is 113 Å². The minimum absolute atomic E-state index is 0.0853. The zero-order chi connectivity index (χ0) is 13.9. The molecule has 2 fully saturated rings. The summed E-state index contributed by atoms with van der Waals surface area (Å²) >= 11 is 0. The molecule has 2 unspecified atom stereocenters. The number of halogens is 3. The predicted octanol–water partition coefficient (Wildman–Crippen LogP) is 3.66. The van der Waals surface area contributed by atoms with Crippen molar-refractivity contribution in [1.29, 1.82) is 0 Å². The van der Waals surface area contributed by atoms with Gasteiger partial charge in [-0.25, -0.2) is 0 Å². The Hall–Kier alpha value is -0.290. The molecule has 1 spiro atoms. The van der Waals surface area contributed by atoms with Crippen LogP contribution in [0.3, 0.4) is 0 Å². The van der Waals surface area contributed by atoms with Crippen LogP contribution in [0.5, 0.6) is 0 Å². The normalized spacial score (nSPS) is 29.7. The second-order valence-corrected chi connectivity index (χ2v) is 5.86. The number of hydrogen-bond acceptors (Lipinski definition) is 2. The number of alkyl halides is 3. The van der Waals surface area contributed by atoms with Crippen LogP contribution in [-0.4, -0.2) is 31.5 Å². The molecule has 0 radical (unpaired) electrons. The highest BCUT2D eigenvalue weighted by Crippen LogP contribution is 2.54. The maximum atomic E-state index is 12.1. The van der Waals surface area contributed by atoms with Gasteiger partial charge in [-0.1, -0.05) is 19.8 Å². The van der Waals surface area contributed by atoms with E-state index in [4.69, 9.17) is 4.74 Å². The summed E-state index contributed by atoms with van der Waals surface area (Å²) in [5.74, 6) is 0. The lowest BCUT2D eigenvalue weighted by Gasteiger charge is -2.54. The summed E-state index contributed by atoms with van der Waals surface area (Å²) in [7, 11) is 0. The van der Waals surface area contributed by atoms with E-state index in [1.165, 1.54) is 12.8 Å². The van der Waals surface area contributed by atoms with E-state index in [1.54, 1.807) is 0 Å². The monoisotopic (exact) mass is 279 g/mol. The standard InChI is InChI=1S/C14H24F3NO/c1-2-18-11-10-12(13(11)6-3-4-7-13)19-9-5-8-14(15,16)17/h11-12,18H,2-10H2,1H3. The number of ether oxygens (including phenoxy) is 1. The van der Waals surface area contributed by atoms with Crippen LogP contribution in [0.1, 0.15) is 51.9 Å². The second-order valence-electron chi connectivity index (χ2n) is 5.86. The fraction of sp³-hybridized carbons (Fsp3) is 1.00. The quantitative estimate of drug-likeness (QED) is 0.749. The smallest absolute Gasteiger partial charge is 0.378 e. The fourth-order valence-corrected chi connectivity index (χ4v) is 3.72. The van der Waals surface area contributed by atoms with Crippen LogP contribution >= 0.6 is 0 Å². The SMILES string of the molecule is CCNC1CC(OCCCC(F)(F)F)C12CCCC2. The Morgan fingerprint density at radius 2 is 1.95 bits per heavy atom. The summed E-state index contributed by atoms with van der Waals surface area (Å²) < 4.78 is 41.9. The Morgan fingerprint density at radius 3 is 2.53 bits per heavy atom. The van der Waals surface area contributed by atoms with Crippen LogP contribution in [0.25, 0.3) is 0 Å². The highest BCUT2D eigenvalue weighted by Gasteiger charge is 2.56. The summed E-state index contributed by atoms with van der Waals surface area (Å²) in [5, 5.41) is 3.50. The van der Waals surface area contributed by atoms with E-state index in [1.807, 2.05) is 0 Å². The van der Waals surface area contributed by atoms with Gasteiger partial charge in [-0.2, -0.15) is 13.2 Å². The Morgan fingerprint density at radius 1 is 1.26 bits per heavy atom. The second kappa shape index (κ2) is 6.00. The van der Waals surface area contributed by atoms with Crippen molar-refractivity contribution in [2.75, 3.05) is 13.2 Å². The van der Waals surface area contributed by atoms with Crippen LogP contribution < -0.4 is 5.32 Å². The summed E-state index contributed by atoms with van der Waals surface area (Å²) in [4.78, 5) is 0. The third-order valence-electron chi connectivity index (χ3n) is 4.69. The lowest BCUT2D eigenvalue weighted by molar-refractivity contribution is -0.154. The molecule has 0 heterocycles. The highest BCUT2D eigenvalue weighted by atomic mass is 19.4. The molecule has 2 aliphatic rings. The van der Waals surface area contributed by atoms with E-state index in [9.17, 15) is 13.2 Å². The minimum atomic E-state index is -4.06. The van der Waals surface area contributed by atoms with Crippen LogP contribution in [0.2, 0.25) is 0 Å². The third kappa shape index (κ3) is 3.43. The van der Waals surface area contributed by atoms with Crippen molar-refractivity contribution in [3.63, 3.8) is 0 Å². The molecule has 0 aromatic heterocycles. The topological polar surface area (TPSA) is 21.3 Å². The van der Waals surface area contributed by atoms with Crippen LogP contribution in [0.15, 0.2) is 0 Å². The molecule has 112 valence electrons. The van der Waals surface area contributed by atoms with Crippen molar-refractivity contribution in [3.8, 4) is 0 Å². The zero-order valence-corrected chi connectivity index (χ0v) is 11.6. The molecule has 2 aliphatic carbocycles. The van der Waals surface area contributed by atoms with Crippen molar-refractivity contribution < 1.29 is 17.9 Å². The molecular formula is C14H24F3NO. The van der Waals surface area contributed by atoms with Gasteiger partial charge >= 0.3 is 6.18 Å². The molecule has 2 rings (SSSR count). The average molecular weight is 279 g/mol. The first-order valence-electron chi connectivity index (χ1n) is 7.40. The molecule has 5 heteroatoms. The first kappa shape index (κ1) is 15.1. The zero-order valence-electron chi connectivity index (χ0n) is 11.6. The van der Waals surface area contributed by atoms with Crippen molar-refractivity contribution in [2.45, 2.75) is 70.2 Å². The van der Waals surface area contributed by atoms with Crippen LogP contribution in [0, 0.1) is 5.41 Å². The van der Waals surface area contributed by atoms with Gasteiger partial charge in [-0.3, -0.25) is 0 Å². The molecule has 1 N–H and O–H groups in total. The minimum Gasteiger partial charge on any atom is -0.378 e. The molecule has 0 saturated heterocycles. The van der Waals surface area contributed by atoms with Gasteiger partial charge in [0.1, 0.15) is 0 Å². The Bertz CT molecular complexity index is 287. The van der Waals surface area contributed by atoms with Gasteiger partial charge in [0, 0.05) is 24.5 Å². The number of rotatable bonds is 6. The summed E-state index contributed by atoms with van der Waals surface area (Å²) in [6, 6.07) is 0.507. The largest absolute Gasteiger partial charge is 0.389 e. The van der Waals surface area contributed by atoms with Gasteiger partial charge in [0.15, 0.2) is 0 Å². The molecule has 0 bridgehead atoms. The maximum Gasteiger partial charge on any atom is 0.389 e. The van der Waals surface area contributed by atoms with Crippen molar-refractivity contribution >= 4 is 0 Å². The highest BCUT2D eigenvalue weighted by molar-refractivity contribution is 5.09. The third-order valence-corrected chi connectivity index (χ3v) is 4.69. The molecule has 19 heavy (non-hydrogen) atoms. The fourth-order valence-electron chi connectivity index (χ4n) is 3.72. The molecular weight excluding hydrogens is 255 g/mol. The van der Waals surface area contributed by atoms with E-state index >= 15 is 0 Å². The van der Waals surface area contributed by atoms with Gasteiger partial charge in [-0.05, 0) is 32.2 Å². The van der Waals surface area contributed by atoms with Crippen molar-refractivity contribution in [3.05, 3.63) is 0 Å². The predicted molar refractivity (Wildman–Crippen MR) is 68.0 cm³/mol. The Kier molecular flexibility index (Phi) is 4.77. The maximum absolute atomic E-state index is 12.1. The summed E-state index contributed by atoms with van der Waals surface area (Å²) in [6.07, 6.45) is 1.20. The molecule has 2 nitrogen and oxygen atoms in total. The van der Waals surface area contributed by atoms with E-state index in [0.29, 0.717) is 6.04 Å². The molecule has 0 amide bonds. The van der Waals surface area contributed by atoms with Crippen molar-refractivity contribution in [2.24, 2.45) is 5.41 Å². The average Bonchev–Trinajstić information content (AvgIpc) is 2.82. The van der Waals surface area contributed by atoms with Crippen LogP contribution in [-0.2, 0) is 4.74 Å². The first-order valence-corrected chi connectivity index (χ1v) is 7.40. The van der Waals surface area contributed by atoms with E-state index < -0.39 is 12.6 Å². The Balaban J connectivity index is 1.75. The lowest BCUT2D eigenvalue weighted by atomic mass is 9.60. The molecule has 2 atom stereocenters. The number of nitrogens with one attached hydrogen (secondary N) is 1. The van der Waals surface area contributed by atoms with Gasteiger partial charge in [0.2, 0.25) is 0 Å². The van der Waals surface area contributed by atoms with Crippen molar-refractivity contribution in [1.82, 2.24) is 5.32 Å². The molecule has 2 saturated carbocycles. The van der Waals surface area contributed by atoms with Crippen LogP contribution in [0.4, 0.5) is 13.2 Å². The summed E-state index contributed by atoms with van der Waals surface area (Å²) in [6.45, 7) is 3.29. The van der Waals surface area contributed by atoms with E-state index in [0.717, 1.165) is 25.8 Å². The first-order chi connectivity index (χ1) is 8.98. The van der Waals surface area contributed by atoms with E-state index in [-0.39, 0.29) is 24.5 Å². The lowest BCUT2D eigenvalue weighted by Crippen LogP contribution is -2.62. The van der Waals surface area contributed by atoms with Gasteiger partial charge in [0.25, 0.3) is 0 Å². The molecule has 0 aromatic rings. The van der Waals surface area contributed by atoms with Gasteiger partial charge < -0.3 is 10.1 Å². The van der Waals surface area contributed by atoms with Gasteiger partial charge in [-0.15, -0.1) is 0 Å². The molecule has 0 aromatic carbocycles. The molecule has 0 aliphatic heterocycles. The van der Waals surface area contributed by atoms with E-state index in [2.05, 4.69) is 12.2 Å². The number of hydrogen-bond donors (Lipinski definition) is 1.